The van der Waals surface area contributed by atoms with Crippen molar-refractivity contribution in [1.29, 1.82) is 0 Å². The van der Waals surface area contributed by atoms with Crippen LogP contribution in [0.4, 0.5) is 0 Å². The number of morpholine rings is 1. The van der Waals surface area contributed by atoms with Crippen molar-refractivity contribution in [1.82, 2.24) is 4.90 Å². The average Bonchev–Trinajstić information content (AvgIpc) is 2.03. The molecule has 0 aliphatic carbocycles. The maximum Gasteiger partial charge on any atom is 0.268 e. The van der Waals surface area contributed by atoms with Crippen molar-refractivity contribution >= 4 is 10.1 Å². The lowest BCUT2D eigenvalue weighted by molar-refractivity contribution is -0.0479. The molecule has 13 heavy (non-hydrogen) atoms. The van der Waals surface area contributed by atoms with E-state index < -0.39 is 22.1 Å². The van der Waals surface area contributed by atoms with Gasteiger partial charge in [-0.2, -0.15) is 8.42 Å². The summed E-state index contributed by atoms with van der Waals surface area (Å²) in [4.78, 5) is 1.55. The first-order valence-electron chi connectivity index (χ1n) is 3.94. The predicted octanol–water partition coefficient (Wildman–Crippen LogP) is -1.48. The first-order valence-corrected chi connectivity index (χ1v) is 5.55. The maximum absolute atomic E-state index is 10.4. The maximum atomic E-state index is 10.4. The van der Waals surface area contributed by atoms with E-state index in [2.05, 4.69) is 0 Å². The van der Waals surface area contributed by atoms with Crippen molar-refractivity contribution in [3.63, 3.8) is 0 Å². The highest BCUT2D eigenvalue weighted by Crippen LogP contribution is 2.03. The minimum atomic E-state index is -4.11. The molecule has 0 aromatic carbocycles. The molecular weight excluding hydrogens is 198 g/mol. The number of rotatable bonds is 3. The molecule has 0 bridgehead atoms. The minimum Gasteiger partial charge on any atom is -0.379 e. The number of ether oxygens (including phenoxy) is 1. The first kappa shape index (κ1) is 10.9. The lowest BCUT2D eigenvalue weighted by atomic mass is 10.4. The van der Waals surface area contributed by atoms with Gasteiger partial charge in [0.1, 0.15) is 12.0 Å². The van der Waals surface area contributed by atoms with Gasteiger partial charge in [0.25, 0.3) is 10.1 Å². The van der Waals surface area contributed by atoms with Crippen LogP contribution in [0.15, 0.2) is 0 Å². The minimum absolute atomic E-state index is 0.475. The second kappa shape index (κ2) is 4.34. The fraction of sp³-hybridized carbons (Fsp3) is 1.00. The van der Waals surface area contributed by atoms with Crippen molar-refractivity contribution < 1.29 is 22.8 Å². The molecule has 1 rings (SSSR count). The SMILES string of the molecule is O=S(=O)(O)CC(O)N1CCOCC1. The molecule has 1 aliphatic rings. The summed E-state index contributed by atoms with van der Waals surface area (Å²) in [6.45, 7) is 1.92. The quantitative estimate of drug-likeness (QED) is 0.554. The summed E-state index contributed by atoms with van der Waals surface area (Å²) in [5.41, 5.74) is 0. The van der Waals surface area contributed by atoms with Crippen molar-refractivity contribution in [2.75, 3.05) is 32.1 Å². The van der Waals surface area contributed by atoms with Gasteiger partial charge in [0.2, 0.25) is 0 Å². The third kappa shape index (κ3) is 4.01. The van der Waals surface area contributed by atoms with Gasteiger partial charge in [-0.05, 0) is 0 Å². The Bertz CT molecular complexity index is 246. The van der Waals surface area contributed by atoms with Crippen molar-refractivity contribution in [3.05, 3.63) is 0 Å². The number of hydrogen-bond acceptors (Lipinski definition) is 5. The van der Waals surface area contributed by atoms with Gasteiger partial charge < -0.3 is 9.84 Å². The van der Waals surface area contributed by atoms with E-state index in [1.807, 2.05) is 0 Å². The summed E-state index contributed by atoms with van der Waals surface area (Å²) < 4.78 is 34.3. The molecule has 0 amide bonds. The van der Waals surface area contributed by atoms with E-state index in [-0.39, 0.29) is 0 Å². The van der Waals surface area contributed by atoms with Gasteiger partial charge in [-0.3, -0.25) is 9.45 Å². The molecule has 1 saturated heterocycles. The molecule has 7 heteroatoms. The van der Waals surface area contributed by atoms with Crippen LogP contribution in [0.5, 0.6) is 0 Å². The summed E-state index contributed by atoms with van der Waals surface area (Å²) in [5, 5.41) is 9.34. The van der Waals surface area contributed by atoms with E-state index in [0.717, 1.165) is 0 Å². The lowest BCUT2D eigenvalue weighted by Crippen LogP contribution is -2.46. The van der Waals surface area contributed by atoms with Gasteiger partial charge in [-0.1, -0.05) is 0 Å². The Hall–Kier alpha value is -0.210. The fourth-order valence-electron chi connectivity index (χ4n) is 1.17. The first-order chi connectivity index (χ1) is 5.99. The molecule has 1 aliphatic heterocycles. The fourth-order valence-corrected chi connectivity index (χ4v) is 1.76. The van der Waals surface area contributed by atoms with Gasteiger partial charge >= 0.3 is 0 Å². The van der Waals surface area contributed by atoms with Crippen LogP contribution < -0.4 is 0 Å². The van der Waals surface area contributed by atoms with Crippen LogP contribution in [-0.2, 0) is 14.9 Å². The Morgan fingerprint density at radius 3 is 2.38 bits per heavy atom. The molecule has 0 spiro atoms. The third-order valence-electron chi connectivity index (χ3n) is 1.83. The summed E-state index contributed by atoms with van der Waals surface area (Å²) in [6.07, 6.45) is -1.14. The van der Waals surface area contributed by atoms with Crippen molar-refractivity contribution in [3.8, 4) is 0 Å². The molecule has 6 nitrogen and oxygen atoms in total. The zero-order valence-electron chi connectivity index (χ0n) is 7.09. The Labute approximate surface area is 76.9 Å². The largest absolute Gasteiger partial charge is 0.379 e. The molecule has 0 aromatic rings. The zero-order valence-corrected chi connectivity index (χ0v) is 7.90. The molecular formula is C6H13NO5S. The smallest absolute Gasteiger partial charge is 0.268 e. The number of hydrogen-bond donors (Lipinski definition) is 2. The molecule has 0 radical (unpaired) electrons. The van der Waals surface area contributed by atoms with Crippen LogP contribution >= 0.6 is 0 Å². The van der Waals surface area contributed by atoms with E-state index in [1.165, 1.54) is 0 Å². The monoisotopic (exact) mass is 211 g/mol. The summed E-state index contributed by atoms with van der Waals surface area (Å²) in [6, 6.07) is 0. The van der Waals surface area contributed by atoms with Crippen molar-refractivity contribution in [2.45, 2.75) is 6.23 Å². The molecule has 1 heterocycles. The third-order valence-corrected chi connectivity index (χ3v) is 2.55. The van der Waals surface area contributed by atoms with Crippen molar-refractivity contribution in [2.24, 2.45) is 0 Å². The van der Waals surface area contributed by atoms with Crippen LogP contribution in [0.25, 0.3) is 0 Å². The van der Waals surface area contributed by atoms with Crippen LogP contribution in [0.3, 0.4) is 0 Å². The van der Waals surface area contributed by atoms with Gasteiger partial charge in [-0.25, -0.2) is 0 Å². The normalized spacial score (nSPS) is 22.9. The molecule has 1 unspecified atom stereocenters. The Kier molecular flexibility index (Phi) is 3.63. The predicted molar refractivity (Wildman–Crippen MR) is 44.8 cm³/mol. The highest BCUT2D eigenvalue weighted by Gasteiger charge is 2.22. The van der Waals surface area contributed by atoms with Gasteiger partial charge in [0.05, 0.1) is 13.2 Å². The van der Waals surface area contributed by atoms with Gasteiger partial charge in [-0.15, -0.1) is 0 Å². The van der Waals surface area contributed by atoms with Crippen LogP contribution in [-0.4, -0.2) is 61.3 Å². The van der Waals surface area contributed by atoms with Crippen LogP contribution in [0, 0.1) is 0 Å². The Morgan fingerprint density at radius 1 is 1.38 bits per heavy atom. The molecule has 0 aromatic heterocycles. The summed E-state index contributed by atoms with van der Waals surface area (Å²) in [7, 11) is -4.11. The van der Waals surface area contributed by atoms with Gasteiger partial charge in [0.15, 0.2) is 0 Å². The Morgan fingerprint density at radius 2 is 1.92 bits per heavy atom. The Balaban J connectivity index is 2.42. The topological polar surface area (TPSA) is 87.1 Å². The summed E-state index contributed by atoms with van der Waals surface area (Å²) in [5.74, 6) is -0.646. The van der Waals surface area contributed by atoms with E-state index in [1.54, 1.807) is 4.90 Å². The highest BCUT2D eigenvalue weighted by atomic mass is 32.2. The molecule has 2 N–H and O–H groups in total. The zero-order chi connectivity index (χ0) is 9.90. The van der Waals surface area contributed by atoms with E-state index in [0.29, 0.717) is 26.3 Å². The average molecular weight is 211 g/mol. The van der Waals surface area contributed by atoms with E-state index in [9.17, 15) is 13.5 Å². The standard InChI is InChI=1S/C6H13NO5S/c8-6(5-13(9,10)11)7-1-3-12-4-2-7/h6,8H,1-5H2,(H,9,10,11). The van der Waals surface area contributed by atoms with E-state index >= 15 is 0 Å². The highest BCUT2D eigenvalue weighted by molar-refractivity contribution is 7.85. The number of nitrogens with zero attached hydrogens (tertiary/aromatic N) is 1. The second-order valence-corrected chi connectivity index (χ2v) is 4.37. The number of aliphatic hydroxyl groups excluding tert-OH is 1. The molecule has 78 valence electrons. The molecule has 0 saturated carbocycles. The van der Waals surface area contributed by atoms with Crippen LogP contribution in [0.1, 0.15) is 0 Å². The summed E-state index contributed by atoms with van der Waals surface area (Å²) >= 11 is 0. The molecule has 1 atom stereocenters. The van der Waals surface area contributed by atoms with E-state index in [4.69, 9.17) is 9.29 Å². The number of aliphatic hydroxyl groups is 1. The second-order valence-electron chi connectivity index (χ2n) is 2.88. The van der Waals surface area contributed by atoms with Gasteiger partial charge in [0, 0.05) is 13.1 Å². The lowest BCUT2D eigenvalue weighted by Gasteiger charge is -2.30. The van der Waals surface area contributed by atoms with Crippen LogP contribution in [0.2, 0.25) is 0 Å². The molecule has 1 fully saturated rings.